The number of alkyl halides is 1. The number of ether oxygens (including phenoxy) is 1. The summed E-state index contributed by atoms with van der Waals surface area (Å²) in [6.07, 6.45) is 2.17. The van der Waals surface area contributed by atoms with Crippen LogP contribution in [0.25, 0.3) is 0 Å². The minimum atomic E-state index is 0.215. The molecule has 0 aliphatic carbocycles. The van der Waals surface area contributed by atoms with Crippen molar-refractivity contribution in [3.63, 3.8) is 0 Å². The van der Waals surface area contributed by atoms with Crippen molar-refractivity contribution in [2.45, 2.75) is 38.7 Å². The summed E-state index contributed by atoms with van der Waals surface area (Å²) < 4.78 is 5.85. The molecule has 0 aromatic heterocycles. The smallest absolute Gasteiger partial charge is 0.142 e. The fourth-order valence-corrected chi connectivity index (χ4v) is 1.86. The van der Waals surface area contributed by atoms with Gasteiger partial charge in [0.2, 0.25) is 0 Å². The molecule has 0 spiro atoms. The van der Waals surface area contributed by atoms with Gasteiger partial charge in [-0.2, -0.15) is 0 Å². The number of rotatable bonds is 5. The minimum Gasteiger partial charge on any atom is -0.489 e. The molecule has 15 heavy (non-hydrogen) atoms. The molecule has 84 valence electrons. The van der Waals surface area contributed by atoms with E-state index >= 15 is 0 Å². The molecule has 3 heteroatoms. The zero-order chi connectivity index (χ0) is 11.3. The lowest BCUT2D eigenvalue weighted by Crippen LogP contribution is -2.14. The third kappa shape index (κ3) is 3.29. The number of hydrogen-bond acceptors (Lipinski definition) is 1. The Labute approximate surface area is 101 Å². The largest absolute Gasteiger partial charge is 0.489 e. The second-order valence-electron chi connectivity index (χ2n) is 3.42. The van der Waals surface area contributed by atoms with Crippen LogP contribution in [0.15, 0.2) is 18.2 Å². The Morgan fingerprint density at radius 2 is 1.93 bits per heavy atom. The molecule has 0 heterocycles. The van der Waals surface area contributed by atoms with Gasteiger partial charge in [0, 0.05) is 5.56 Å². The van der Waals surface area contributed by atoms with Crippen molar-refractivity contribution in [2.24, 2.45) is 0 Å². The summed E-state index contributed by atoms with van der Waals surface area (Å²) in [4.78, 5) is 0. The number of hydrogen-bond donors (Lipinski definition) is 0. The zero-order valence-corrected chi connectivity index (χ0v) is 10.6. The molecule has 1 nitrogen and oxygen atoms in total. The predicted molar refractivity (Wildman–Crippen MR) is 66.0 cm³/mol. The van der Waals surface area contributed by atoms with Crippen LogP contribution in [-0.2, 0) is 5.88 Å². The van der Waals surface area contributed by atoms with Gasteiger partial charge in [0.05, 0.1) is 17.0 Å². The molecule has 0 fully saturated rings. The number of benzene rings is 1. The van der Waals surface area contributed by atoms with Gasteiger partial charge in [0.25, 0.3) is 0 Å². The van der Waals surface area contributed by atoms with Crippen LogP contribution in [-0.4, -0.2) is 6.10 Å². The molecule has 0 N–H and O–H groups in total. The van der Waals surface area contributed by atoms with Crippen molar-refractivity contribution < 1.29 is 4.74 Å². The number of halogens is 2. The maximum absolute atomic E-state index is 6.08. The molecule has 0 amide bonds. The summed E-state index contributed by atoms with van der Waals surface area (Å²) in [5.74, 6) is 1.17. The van der Waals surface area contributed by atoms with Gasteiger partial charge in [-0.05, 0) is 18.9 Å². The highest BCUT2D eigenvalue weighted by molar-refractivity contribution is 6.32. The van der Waals surface area contributed by atoms with E-state index in [0.29, 0.717) is 10.9 Å². The fraction of sp³-hybridized carbons (Fsp3) is 0.500. The highest BCUT2D eigenvalue weighted by atomic mass is 35.5. The van der Waals surface area contributed by atoms with Gasteiger partial charge >= 0.3 is 0 Å². The monoisotopic (exact) mass is 246 g/mol. The van der Waals surface area contributed by atoms with E-state index in [2.05, 4.69) is 13.8 Å². The third-order valence-corrected chi connectivity index (χ3v) is 2.97. The molecular formula is C12H16Cl2O. The highest BCUT2D eigenvalue weighted by Crippen LogP contribution is 2.31. The SMILES string of the molecule is CCC(CC)Oc1c(Cl)cccc1CCl. The van der Waals surface area contributed by atoms with Crippen LogP contribution in [0.4, 0.5) is 0 Å². The van der Waals surface area contributed by atoms with Crippen molar-refractivity contribution in [1.29, 1.82) is 0 Å². The molecule has 0 unspecified atom stereocenters. The van der Waals surface area contributed by atoms with E-state index in [1.165, 1.54) is 0 Å². The van der Waals surface area contributed by atoms with E-state index in [9.17, 15) is 0 Å². The lowest BCUT2D eigenvalue weighted by molar-refractivity contribution is 0.191. The molecular weight excluding hydrogens is 231 g/mol. The van der Waals surface area contributed by atoms with E-state index in [0.717, 1.165) is 24.2 Å². The Kier molecular flexibility index (Phi) is 5.27. The van der Waals surface area contributed by atoms with Crippen LogP contribution < -0.4 is 4.74 Å². The summed E-state index contributed by atoms with van der Waals surface area (Å²) >= 11 is 11.9. The van der Waals surface area contributed by atoms with Crippen LogP contribution >= 0.6 is 23.2 Å². The van der Waals surface area contributed by atoms with E-state index in [1.54, 1.807) is 0 Å². The van der Waals surface area contributed by atoms with Crippen LogP contribution in [0.2, 0.25) is 5.02 Å². The summed E-state index contributed by atoms with van der Waals surface area (Å²) in [6.45, 7) is 4.21. The quantitative estimate of drug-likeness (QED) is 0.688. The average Bonchev–Trinajstić information content (AvgIpc) is 2.27. The Balaban J connectivity index is 2.91. The third-order valence-electron chi connectivity index (χ3n) is 2.39. The Bertz CT molecular complexity index is 308. The van der Waals surface area contributed by atoms with Crippen molar-refractivity contribution in [3.8, 4) is 5.75 Å². The second-order valence-corrected chi connectivity index (χ2v) is 4.09. The highest BCUT2D eigenvalue weighted by Gasteiger charge is 2.12. The van der Waals surface area contributed by atoms with Crippen LogP contribution in [0, 0.1) is 0 Å². The fourth-order valence-electron chi connectivity index (χ4n) is 1.41. The van der Waals surface area contributed by atoms with Crippen molar-refractivity contribution in [2.75, 3.05) is 0 Å². The molecule has 0 radical (unpaired) electrons. The molecule has 1 aromatic carbocycles. The molecule has 1 aromatic rings. The van der Waals surface area contributed by atoms with Gasteiger partial charge in [0.15, 0.2) is 0 Å². The first-order valence-electron chi connectivity index (χ1n) is 5.22. The first-order chi connectivity index (χ1) is 7.22. The molecule has 0 atom stereocenters. The Morgan fingerprint density at radius 3 is 2.47 bits per heavy atom. The normalized spacial score (nSPS) is 10.7. The molecule has 0 aliphatic heterocycles. The van der Waals surface area contributed by atoms with Crippen LogP contribution in [0.3, 0.4) is 0 Å². The van der Waals surface area contributed by atoms with Gasteiger partial charge in [-0.1, -0.05) is 37.6 Å². The first kappa shape index (κ1) is 12.7. The minimum absolute atomic E-state index is 0.215. The predicted octanol–water partition coefficient (Wildman–Crippen LogP) is 4.65. The molecule has 1 rings (SSSR count). The molecule has 0 aliphatic rings. The molecule has 0 saturated carbocycles. The maximum atomic E-state index is 6.08. The standard InChI is InChI=1S/C12H16Cl2O/c1-3-10(4-2)15-12-9(8-13)6-5-7-11(12)14/h5-7,10H,3-4,8H2,1-2H3. The summed E-state index contributed by atoms with van der Waals surface area (Å²) in [5.41, 5.74) is 0.955. The summed E-state index contributed by atoms with van der Waals surface area (Å²) in [7, 11) is 0. The van der Waals surface area contributed by atoms with Crippen molar-refractivity contribution in [1.82, 2.24) is 0 Å². The molecule has 0 saturated heterocycles. The number of para-hydroxylation sites is 1. The van der Waals surface area contributed by atoms with E-state index in [1.807, 2.05) is 18.2 Å². The maximum Gasteiger partial charge on any atom is 0.142 e. The van der Waals surface area contributed by atoms with Gasteiger partial charge < -0.3 is 4.74 Å². The van der Waals surface area contributed by atoms with E-state index < -0.39 is 0 Å². The lowest BCUT2D eigenvalue weighted by atomic mass is 10.2. The van der Waals surface area contributed by atoms with Gasteiger partial charge in [0.1, 0.15) is 5.75 Å². The summed E-state index contributed by atoms with van der Waals surface area (Å²) in [5, 5.41) is 0.639. The van der Waals surface area contributed by atoms with Gasteiger partial charge in [-0.25, -0.2) is 0 Å². The van der Waals surface area contributed by atoms with Crippen LogP contribution in [0.5, 0.6) is 5.75 Å². The van der Waals surface area contributed by atoms with E-state index in [-0.39, 0.29) is 6.10 Å². The van der Waals surface area contributed by atoms with Crippen molar-refractivity contribution >= 4 is 23.2 Å². The summed E-state index contributed by atoms with van der Waals surface area (Å²) in [6, 6.07) is 5.66. The van der Waals surface area contributed by atoms with Crippen molar-refractivity contribution in [3.05, 3.63) is 28.8 Å². The topological polar surface area (TPSA) is 9.23 Å². The Morgan fingerprint density at radius 1 is 1.27 bits per heavy atom. The van der Waals surface area contributed by atoms with Gasteiger partial charge in [-0.3, -0.25) is 0 Å². The lowest BCUT2D eigenvalue weighted by Gasteiger charge is -2.18. The average molecular weight is 247 g/mol. The van der Waals surface area contributed by atoms with E-state index in [4.69, 9.17) is 27.9 Å². The molecule has 0 bridgehead atoms. The first-order valence-corrected chi connectivity index (χ1v) is 6.14. The van der Waals surface area contributed by atoms with Crippen LogP contribution in [0.1, 0.15) is 32.3 Å². The zero-order valence-electron chi connectivity index (χ0n) is 9.09. The Hall–Kier alpha value is -0.400. The second kappa shape index (κ2) is 6.24. The van der Waals surface area contributed by atoms with Gasteiger partial charge in [-0.15, -0.1) is 11.6 Å².